The average Bonchev–Trinajstić information content (AvgIpc) is 2.84. The van der Waals surface area contributed by atoms with Gasteiger partial charge in [-0.05, 0) is 18.1 Å². The third-order valence-electron chi connectivity index (χ3n) is 2.69. The molecule has 94 valence electrons. The molecular formula is C12H14N4O2. The molecule has 0 aliphatic rings. The Morgan fingerprint density at radius 2 is 2.22 bits per heavy atom. The van der Waals surface area contributed by atoms with E-state index in [1.807, 2.05) is 0 Å². The molecule has 4 N–H and O–H groups in total. The maximum atomic E-state index is 11.2. The van der Waals surface area contributed by atoms with Crippen LogP contribution in [0, 0.1) is 5.92 Å². The number of anilines is 1. The summed E-state index contributed by atoms with van der Waals surface area (Å²) in [4.78, 5) is 22.0. The molecule has 0 aliphatic carbocycles. The van der Waals surface area contributed by atoms with Crippen molar-refractivity contribution in [1.29, 1.82) is 0 Å². The van der Waals surface area contributed by atoms with E-state index in [0.717, 1.165) is 11.3 Å². The highest BCUT2D eigenvalue weighted by molar-refractivity contribution is 5.70. The van der Waals surface area contributed by atoms with E-state index in [4.69, 9.17) is 5.73 Å². The maximum absolute atomic E-state index is 11.2. The molecule has 0 spiro atoms. The predicted octanol–water partition coefficient (Wildman–Crippen LogP) is 0.873. The number of rotatable bonds is 5. The first-order chi connectivity index (χ1) is 8.65. The van der Waals surface area contributed by atoms with Crippen LogP contribution < -0.4 is 5.73 Å². The van der Waals surface area contributed by atoms with Gasteiger partial charge in [-0.3, -0.25) is 4.79 Å². The Morgan fingerprint density at radius 1 is 1.39 bits per heavy atom. The number of imidazole rings is 1. The van der Waals surface area contributed by atoms with Gasteiger partial charge in [0.05, 0.1) is 17.9 Å². The van der Waals surface area contributed by atoms with Gasteiger partial charge in [-0.25, -0.2) is 9.97 Å². The standard InChI is InChI=1S/C12H14N4O2/c13-11-2-1-8(5-15-11)3-9(12(17)18)4-10-6-14-7-16-10/h1-2,5-7,9H,3-4H2,(H2,13,15)(H,14,16)(H,17,18). The minimum Gasteiger partial charge on any atom is -0.481 e. The van der Waals surface area contributed by atoms with E-state index in [2.05, 4.69) is 15.0 Å². The van der Waals surface area contributed by atoms with Crippen LogP contribution >= 0.6 is 0 Å². The highest BCUT2D eigenvalue weighted by Gasteiger charge is 2.19. The number of carboxylic acid groups (broad SMARTS) is 1. The van der Waals surface area contributed by atoms with Gasteiger partial charge in [0, 0.05) is 18.8 Å². The number of nitrogens with two attached hydrogens (primary N) is 1. The van der Waals surface area contributed by atoms with Gasteiger partial charge in [0.25, 0.3) is 0 Å². The van der Waals surface area contributed by atoms with Crippen LogP contribution in [-0.4, -0.2) is 26.0 Å². The zero-order chi connectivity index (χ0) is 13.0. The van der Waals surface area contributed by atoms with Gasteiger partial charge in [-0.1, -0.05) is 6.07 Å². The fourth-order valence-electron chi connectivity index (χ4n) is 1.74. The van der Waals surface area contributed by atoms with Crippen molar-refractivity contribution in [2.75, 3.05) is 5.73 Å². The van der Waals surface area contributed by atoms with E-state index in [1.54, 1.807) is 30.9 Å². The third kappa shape index (κ3) is 3.07. The number of nitrogens with zero attached hydrogens (tertiary/aromatic N) is 2. The van der Waals surface area contributed by atoms with E-state index >= 15 is 0 Å². The van der Waals surface area contributed by atoms with Crippen LogP contribution in [0.5, 0.6) is 0 Å². The number of H-pyrrole nitrogens is 1. The lowest BCUT2D eigenvalue weighted by atomic mass is 9.96. The molecule has 1 unspecified atom stereocenters. The molecule has 0 radical (unpaired) electrons. The van der Waals surface area contributed by atoms with E-state index in [-0.39, 0.29) is 0 Å². The van der Waals surface area contributed by atoms with Crippen LogP contribution in [0.1, 0.15) is 11.3 Å². The number of carbonyl (C=O) groups is 1. The number of hydrogen-bond acceptors (Lipinski definition) is 4. The molecule has 0 aliphatic heterocycles. The molecule has 0 aromatic carbocycles. The first kappa shape index (κ1) is 12.1. The fraction of sp³-hybridized carbons (Fsp3) is 0.250. The molecule has 0 bridgehead atoms. The van der Waals surface area contributed by atoms with E-state index < -0.39 is 11.9 Å². The summed E-state index contributed by atoms with van der Waals surface area (Å²) >= 11 is 0. The number of pyridine rings is 1. The van der Waals surface area contributed by atoms with Crippen LogP contribution in [0.25, 0.3) is 0 Å². The molecule has 6 nitrogen and oxygen atoms in total. The van der Waals surface area contributed by atoms with Gasteiger partial charge in [-0.2, -0.15) is 0 Å². The van der Waals surface area contributed by atoms with Crippen molar-refractivity contribution in [3.8, 4) is 0 Å². The minimum absolute atomic E-state index is 0.392. The summed E-state index contributed by atoms with van der Waals surface area (Å²) in [6.45, 7) is 0. The Labute approximate surface area is 104 Å². The smallest absolute Gasteiger partial charge is 0.307 e. The second-order valence-electron chi connectivity index (χ2n) is 4.10. The van der Waals surface area contributed by atoms with Crippen molar-refractivity contribution < 1.29 is 9.90 Å². The average molecular weight is 246 g/mol. The molecule has 0 saturated carbocycles. The van der Waals surface area contributed by atoms with Crippen LogP contribution in [0.2, 0.25) is 0 Å². The number of hydrogen-bond donors (Lipinski definition) is 3. The van der Waals surface area contributed by atoms with Crippen LogP contribution in [-0.2, 0) is 17.6 Å². The minimum atomic E-state index is -0.838. The molecule has 2 rings (SSSR count). The molecule has 2 heterocycles. The number of nitrogen functional groups attached to an aromatic ring is 1. The summed E-state index contributed by atoms with van der Waals surface area (Å²) in [6.07, 6.45) is 5.66. The molecule has 2 aromatic rings. The fourth-order valence-corrected chi connectivity index (χ4v) is 1.74. The van der Waals surface area contributed by atoms with Gasteiger partial charge in [0.1, 0.15) is 5.82 Å². The van der Waals surface area contributed by atoms with Crippen molar-refractivity contribution in [3.63, 3.8) is 0 Å². The van der Waals surface area contributed by atoms with Gasteiger partial charge in [0.15, 0.2) is 0 Å². The molecule has 0 amide bonds. The van der Waals surface area contributed by atoms with Crippen LogP contribution in [0.4, 0.5) is 5.82 Å². The Balaban J connectivity index is 2.06. The topological polar surface area (TPSA) is 105 Å². The molecule has 0 saturated heterocycles. The van der Waals surface area contributed by atoms with Crippen molar-refractivity contribution in [1.82, 2.24) is 15.0 Å². The zero-order valence-electron chi connectivity index (χ0n) is 9.71. The number of aromatic nitrogens is 3. The molecule has 6 heteroatoms. The monoisotopic (exact) mass is 246 g/mol. The van der Waals surface area contributed by atoms with E-state index in [0.29, 0.717) is 18.7 Å². The van der Waals surface area contributed by atoms with E-state index in [9.17, 15) is 9.90 Å². The molecule has 1 atom stereocenters. The lowest BCUT2D eigenvalue weighted by Crippen LogP contribution is -2.19. The van der Waals surface area contributed by atoms with Gasteiger partial charge >= 0.3 is 5.97 Å². The molecule has 2 aromatic heterocycles. The predicted molar refractivity (Wildman–Crippen MR) is 65.8 cm³/mol. The normalized spacial score (nSPS) is 12.2. The summed E-state index contributed by atoms with van der Waals surface area (Å²) in [5.41, 5.74) is 7.08. The summed E-state index contributed by atoms with van der Waals surface area (Å²) in [5.74, 6) is -0.925. The molecule has 0 fully saturated rings. The quantitative estimate of drug-likeness (QED) is 0.726. The Bertz CT molecular complexity index is 507. The Kier molecular flexibility index (Phi) is 3.57. The second kappa shape index (κ2) is 5.31. The van der Waals surface area contributed by atoms with Gasteiger partial charge < -0.3 is 15.8 Å². The van der Waals surface area contributed by atoms with Crippen molar-refractivity contribution >= 4 is 11.8 Å². The lowest BCUT2D eigenvalue weighted by molar-refractivity contribution is -0.141. The highest BCUT2D eigenvalue weighted by atomic mass is 16.4. The lowest BCUT2D eigenvalue weighted by Gasteiger charge is -2.10. The van der Waals surface area contributed by atoms with Crippen LogP contribution in [0.15, 0.2) is 30.9 Å². The SMILES string of the molecule is Nc1ccc(CC(Cc2c[nH]cn2)C(=O)O)cn1. The van der Waals surface area contributed by atoms with Crippen molar-refractivity contribution in [2.45, 2.75) is 12.8 Å². The van der Waals surface area contributed by atoms with Gasteiger partial charge in [0.2, 0.25) is 0 Å². The maximum Gasteiger partial charge on any atom is 0.307 e. The first-order valence-electron chi connectivity index (χ1n) is 5.56. The number of carboxylic acids is 1. The summed E-state index contributed by atoms with van der Waals surface area (Å²) < 4.78 is 0. The summed E-state index contributed by atoms with van der Waals surface area (Å²) in [6, 6.07) is 3.46. The van der Waals surface area contributed by atoms with Crippen molar-refractivity contribution in [2.24, 2.45) is 5.92 Å². The zero-order valence-corrected chi connectivity index (χ0v) is 9.71. The summed E-state index contributed by atoms with van der Waals surface area (Å²) in [5, 5.41) is 9.20. The second-order valence-corrected chi connectivity index (χ2v) is 4.10. The van der Waals surface area contributed by atoms with Crippen molar-refractivity contribution in [3.05, 3.63) is 42.1 Å². The number of aromatic amines is 1. The number of aliphatic carboxylic acids is 1. The van der Waals surface area contributed by atoms with Gasteiger partial charge in [-0.15, -0.1) is 0 Å². The van der Waals surface area contributed by atoms with E-state index in [1.165, 1.54) is 0 Å². The molecule has 18 heavy (non-hydrogen) atoms. The largest absolute Gasteiger partial charge is 0.481 e. The molecular weight excluding hydrogens is 232 g/mol. The summed E-state index contributed by atoms with van der Waals surface area (Å²) in [7, 11) is 0. The number of nitrogens with one attached hydrogen (secondary N) is 1. The first-order valence-corrected chi connectivity index (χ1v) is 5.56. The highest BCUT2D eigenvalue weighted by Crippen LogP contribution is 2.14. The Hall–Kier alpha value is -2.37. The van der Waals surface area contributed by atoms with Crippen LogP contribution in [0.3, 0.4) is 0 Å². The third-order valence-corrected chi connectivity index (χ3v) is 2.69. The Morgan fingerprint density at radius 3 is 2.78 bits per heavy atom.